The first-order valence-corrected chi connectivity index (χ1v) is 3.40. The van der Waals surface area contributed by atoms with E-state index in [-0.39, 0.29) is 23.7 Å². The smallest absolute Gasteiger partial charge is 0.341 e. The number of aromatic carboxylic acids is 1. The van der Waals surface area contributed by atoms with Crippen LogP contribution in [0, 0.1) is 0 Å². The normalized spacial score (nSPS) is 10.7. The zero-order valence-electron chi connectivity index (χ0n) is 7.27. The van der Waals surface area contributed by atoms with Gasteiger partial charge in [0.2, 0.25) is 0 Å². The Labute approximate surface area is 81.3 Å². The van der Waals surface area contributed by atoms with Gasteiger partial charge in [-0.15, -0.1) is 12.4 Å². The molecule has 13 heavy (non-hydrogen) atoms. The molecule has 74 valence electrons. The topological polar surface area (TPSA) is 89.4 Å². The Hall–Kier alpha value is -1.07. The van der Waals surface area contributed by atoms with Gasteiger partial charge < -0.3 is 15.4 Å². The lowest BCUT2D eigenvalue weighted by Gasteiger charge is -2.14. The molecule has 1 aromatic rings. The minimum absolute atomic E-state index is 0. The van der Waals surface area contributed by atoms with Gasteiger partial charge in [0.05, 0.1) is 5.54 Å². The maximum atomic E-state index is 10.6. The molecular formula is C7H11ClN2O3. The fourth-order valence-electron chi connectivity index (χ4n) is 0.853. The summed E-state index contributed by atoms with van der Waals surface area (Å²) in [5.74, 6) is -1.08. The number of halogens is 1. The van der Waals surface area contributed by atoms with Gasteiger partial charge in [-0.1, -0.05) is 5.16 Å². The Balaban J connectivity index is 0.00000144. The van der Waals surface area contributed by atoms with Gasteiger partial charge in [-0.3, -0.25) is 0 Å². The zero-order chi connectivity index (χ0) is 9.35. The molecule has 0 bridgehead atoms. The summed E-state index contributed by atoms with van der Waals surface area (Å²) >= 11 is 0. The van der Waals surface area contributed by atoms with Crippen LogP contribution in [0.15, 0.2) is 10.8 Å². The maximum absolute atomic E-state index is 10.6. The lowest BCUT2D eigenvalue weighted by molar-refractivity contribution is 0.0693. The first-order chi connectivity index (χ1) is 5.43. The van der Waals surface area contributed by atoms with Gasteiger partial charge in [0.1, 0.15) is 17.5 Å². The van der Waals surface area contributed by atoms with Crippen molar-refractivity contribution in [3.63, 3.8) is 0 Å². The molecule has 0 atom stereocenters. The number of rotatable bonds is 2. The van der Waals surface area contributed by atoms with E-state index in [0.717, 1.165) is 6.26 Å². The van der Waals surface area contributed by atoms with Crippen molar-refractivity contribution < 1.29 is 14.4 Å². The Morgan fingerprint density at radius 1 is 1.69 bits per heavy atom. The van der Waals surface area contributed by atoms with Crippen LogP contribution in [0.3, 0.4) is 0 Å². The molecule has 0 unspecified atom stereocenters. The van der Waals surface area contributed by atoms with Crippen LogP contribution in [-0.2, 0) is 5.54 Å². The van der Waals surface area contributed by atoms with Crippen molar-refractivity contribution in [2.45, 2.75) is 19.4 Å². The summed E-state index contributed by atoms with van der Waals surface area (Å²) in [6, 6.07) is 0. The van der Waals surface area contributed by atoms with Crippen molar-refractivity contribution in [3.8, 4) is 0 Å². The van der Waals surface area contributed by atoms with Crippen LogP contribution in [0.1, 0.15) is 29.9 Å². The third-order valence-electron chi connectivity index (χ3n) is 1.41. The molecule has 0 spiro atoms. The molecular weight excluding hydrogens is 196 g/mol. The van der Waals surface area contributed by atoms with Crippen LogP contribution in [0.5, 0.6) is 0 Å². The van der Waals surface area contributed by atoms with E-state index in [1.54, 1.807) is 13.8 Å². The Kier molecular flexibility index (Phi) is 3.45. The molecule has 0 aliphatic heterocycles. The quantitative estimate of drug-likeness (QED) is 0.753. The number of carboxylic acid groups (broad SMARTS) is 1. The summed E-state index contributed by atoms with van der Waals surface area (Å²) in [6.45, 7) is 3.33. The Bertz CT molecular complexity index is 303. The van der Waals surface area contributed by atoms with Crippen molar-refractivity contribution >= 4 is 18.4 Å². The van der Waals surface area contributed by atoms with E-state index in [4.69, 9.17) is 10.8 Å². The summed E-state index contributed by atoms with van der Waals surface area (Å²) in [7, 11) is 0. The standard InChI is InChI=1S/C7H10N2O3.ClH/c1-7(2,8)5-4(6(10)11)3-12-9-5;/h3H,8H2,1-2H3,(H,10,11);1H. The molecule has 3 N–H and O–H groups in total. The third-order valence-corrected chi connectivity index (χ3v) is 1.41. The number of hydrogen-bond donors (Lipinski definition) is 2. The first kappa shape index (κ1) is 11.9. The van der Waals surface area contributed by atoms with Crippen LogP contribution in [0.25, 0.3) is 0 Å². The fraction of sp³-hybridized carbons (Fsp3) is 0.429. The molecule has 6 heteroatoms. The fourth-order valence-corrected chi connectivity index (χ4v) is 0.853. The van der Waals surface area contributed by atoms with E-state index in [1.807, 2.05) is 0 Å². The van der Waals surface area contributed by atoms with Gasteiger partial charge in [-0.2, -0.15) is 0 Å². The van der Waals surface area contributed by atoms with Crippen LogP contribution < -0.4 is 5.73 Å². The second-order valence-corrected chi connectivity index (χ2v) is 3.10. The van der Waals surface area contributed by atoms with Crippen molar-refractivity contribution in [1.29, 1.82) is 0 Å². The molecule has 1 heterocycles. The van der Waals surface area contributed by atoms with Crippen molar-refractivity contribution in [3.05, 3.63) is 17.5 Å². The molecule has 0 radical (unpaired) electrons. The van der Waals surface area contributed by atoms with Crippen molar-refractivity contribution in [1.82, 2.24) is 5.16 Å². The minimum atomic E-state index is -1.08. The van der Waals surface area contributed by atoms with Crippen LogP contribution in [0.2, 0.25) is 0 Å². The van der Waals surface area contributed by atoms with Gasteiger partial charge in [0.15, 0.2) is 0 Å². The first-order valence-electron chi connectivity index (χ1n) is 3.40. The van der Waals surface area contributed by atoms with Crippen molar-refractivity contribution in [2.75, 3.05) is 0 Å². The van der Waals surface area contributed by atoms with E-state index >= 15 is 0 Å². The number of carbonyl (C=O) groups is 1. The molecule has 0 fully saturated rings. The maximum Gasteiger partial charge on any atom is 0.341 e. The molecule has 0 saturated heterocycles. The average Bonchev–Trinajstić information content (AvgIpc) is 2.30. The van der Waals surface area contributed by atoms with Gasteiger partial charge in [-0.05, 0) is 13.8 Å². The summed E-state index contributed by atoms with van der Waals surface area (Å²) < 4.78 is 4.52. The molecule has 0 amide bonds. The summed E-state index contributed by atoms with van der Waals surface area (Å²) in [4.78, 5) is 10.6. The molecule has 0 aliphatic rings. The van der Waals surface area contributed by atoms with E-state index in [2.05, 4.69) is 9.68 Å². The van der Waals surface area contributed by atoms with Gasteiger partial charge >= 0.3 is 5.97 Å². The zero-order valence-corrected chi connectivity index (χ0v) is 8.09. The predicted octanol–water partition coefficient (Wildman–Crippen LogP) is 0.988. The molecule has 0 aromatic carbocycles. The van der Waals surface area contributed by atoms with Crippen LogP contribution in [-0.4, -0.2) is 16.2 Å². The minimum Gasteiger partial charge on any atom is -0.478 e. The van der Waals surface area contributed by atoms with Gasteiger partial charge in [0, 0.05) is 0 Å². The highest BCUT2D eigenvalue weighted by atomic mass is 35.5. The average molecular weight is 207 g/mol. The highest BCUT2D eigenvalue weighted by Gasteiger charge is 2.26. The molecule has 1 aromatic heterocycles. The largest absolute Gasteiger partial charge is 0.478 e. The summed E-state index contributed by atoms with van der Waals surface area (Å²) in [5.41, 5.74) is 5.14. The third kappa shape index (κ3) is 2.43. The molecule has 5 nitrogen and oxygen atoms in total. The van der Waals surface area contributed by atoms with Gasteiger partial charge in [0.25, 0.3) is 0 Å². The van der Waals surface area contributed by atoms with E-state index in [0.29, 0.717) is 0 Å². The van der Waals surface area contributed by atoms with E-state index in [1.165, 1.54) is 0 Å². The van der Waals surface area contributed by atoms with Crippen LogP contribution in [0.4, 0.5) is 0 Å². The summed E-state index contributed by atoms with van der Waals surface area (Å²) in [5, 5.41) is 12.2. The van der Waals surface area contributed by atoms with E-state index < -0.39 is 11.5 Å². The summed E-state index contributed by atoms with van der Waals surface area (Å²) in [6.07, 6.45) is 1.08. The van der Waals surface area contributed by atoms with E-state index in [9.17, 15) is 4.79 Å². The van der Waals surface area contributed by atoms with Crippen LogP contribution >= 0.6 is 12.4 Å². The number of nitrogens with two attached hydrogens (primary N) is 1. The van der Waals surface area contributed by atoms with Gasteiger partial charge in [-0.25, -0.2) is 4.79 Å². The Morgan fingerprint density at radius 3 is 2.54 bits per heavy atom. The monoisotopic (exact) mass is 206 g/mol. The van der Waals surface area contributed by atoms with Crippen molar-refractivity contribution in [2.24, 2.45) is 5.73 Å². The predicted molar refractivity (Wildman–Crippen MR) is 47.9 cm³/mol. The lowest BCUT2D eigenvalue weighted by atomic mass is 9.99. The second kappa shape index (κ2) is 3.76. The lowest BCUT2D eigenvalue weighted by Crippen LogP contribution is -2.31. The number of aromatic nitrogens is 1. The highest BCUT2D eigenvalue weighted by molar-refractivity contribution is 5.88. The molecule has 1 rings (SSSR count). The number of nitrogens with zero attached hydrogens (tertiary/aromatic N) is 1. The molecule has 0 saturated carbocycles. The second-order valence-electron chi connectivity index (χ2n) is 3.10. The number of hydrogen-bond acceptors (Lipinski definition) is 4. The SMILES string of the molecule is CC(C)(N)c1nocc1C(=O)O.Cl. The Morgan fingerprint density at radius 2 is 2.23 bits per heavy atom. The molecule has 0 aliphatic carbocycles. The highest BCUT2D eigenvalue weighted by Crippen LogP contribution is 2.19. The number of carboxylic acids is 1.